The van der Waals surface area contributed by atoms with Crippen LogP contribution in [0.2, 0.25) is 0 Å². The van der Waals surface area contributed by atoms with Crippen LogP contribution in [-0.4, -0.2) is 27.7 Å². The highest BCUT2D eigenvalue weighted by Crippen LogP contribution is 2.14. The van der Waals surface area contributed by atoms with Gasteiger partial charge in [0.1, 0.15) is 5.75 Å². The molecule has 1 aromatic heterocycles. The average molecular weight is 356 g/mol. The summed E-state index contributed by atoms with van der Waals surface area (Å²) in [5, 5.41) is 9.46. The van der Waals surface area contributed by atoms with Gasteiger partial charge in [0.2, 0.25) is 0 Å². The molecule has 2 aromatic carbocycles. The number of carboxylic acids is 1. The number of hydrogen-bond acceptors (Lipinski definition) is 4. The number of fused-ring (bicyclic) bond motifs is 1. The predicted molar refractivity (Wildman–Crippen MR) is 97.1 cm³/mol. The topological polar surface area (TPSA) is 84.3 Å². The van der Waals surface area contributed by atoms with Gasteiger partial charge in [-0.15, -0.1) is 0 Å². The molecule has 0 saturated carbocycles. The molecular weight excluding hydrogens is 340 g/mol. The molecule has 1 heterocycles. The number of aromatic carboxylic acids is 1. The fourth-order valence-corrected chi connectivity index (χ4v) is 2.94. The van der Waals surface area contributed by atoms with E-state index in [-0.39, 0.29) is 15.9 Å². The van der Waals surface area contributed by atoms with Crippen molar-refractivity contribution in [3.63, 3.8) is 0 Å². The molecule has 0 atom stereocenters. The predicted octanol–water partition coefficient (Wildman–Crippen LogP) is 3.01. The number of carboxylic acid groups (broad SMARTS) is 1. The average Bonchev–Trinajstić information content (AvgIpc) is 2.61. The van der Waals surface area contributed by atoms with Gasteiger partial charge in [-0.05, 0) is 54.5 Å². The van der Waals surface area contributed by atoms with Crippen molar-refractivity contribution in [3.05, 3.63) is 68.7 Å². The summed E-state index contributed by atoms with van der Waals surface area (Å²) in [6.07, 6.45) is 0.618. The van der Waals surface area contributed by atoms with Crippen LogP contribution in [0.25, 0.3) is 10.9 Å². The number of benzene rings is 2. The van der Waals surface area contributed by atoms with E-state index in [0.717, 1.165) is 11.3 Å². The zero-order valence-electron chi connectivity index (χ0n) is 13.5. The summed E-state index contributed by atoms with van der Waals surface area (Å²) in [7, 11) is 1.61. The first-order chi connectivity index (χ1) is 12.0. The Kier molecular flexibility index (Phi) is 4.67. The Bertz CT molecular complexity index is 1070. The van der Waals surface area contributed by atoms with Crippen LogP contribution in [0.5, 0.6) is 5.75 Å². The first kappa shape index (κ1) is 16.9. The van der Waals surface area contributed by atoms with Crippen LogP contribution in [0.1, 0.15) is 15.9 Å². The van der Waals surface area contributed by atoms with E-state index in [0.29, 0.717) is 23.9 Å². The van der Waals surface area contributed by atoms with Crippen molar-refractivity contribution in [2.24, 2.45) is 0 Å². The molecule has 6 nitrogen and oxygen atoms in total. The molecule has 25 heavy (non-hydrogen) atoms. The van der Waals surface area contributed by atoms with Gasteiger partial charge < -0.3 is 14.8 Å². The number of methoxy groups -OCH3 is 1. The van der Waals surface area contributed by atoms with Gasteiger partial charge in [-0.2, -0.15) is 0 Å². The van der Waals surface area contributed by atoms with Crippen molar-refractivity contribution >= 4 is 29.1 Å². The van der Waals surface area contributed by atoms with Gasteiger partial charge in [0.25, 0.3) is 5.56 Å². The molecule has 0 unspecified atom stereocenters. The molecule has 0 amide bonds. The standard InChI is InChI=1S/C18H16N2O4S/c1-24-13-4-2-3-11(9-13)7-8-20-16(21)14-6-5-12(17(22)23)10-15(14)19-18(20)25/h2-6,9-10H,7-8H2,1H3,(H,19,25)(H,22,23). The second-order valence-electron chi connectivity index (χ2n) is 5.55. The zero-order chi connectivity index (χ0) is 18.0. The molecule has 0 bridgehead atoms. The lowest BCUT2D eigenvalue weighted by Gasteiger charge is -2.09. The third-order valence-corrected chi connectivity index (χ3v) is 4.31. The summed E-state index contributed by atoms with van der Waals surface area (Å²) in [6, 6.07) is 12.0. The second-order valence-corrected chi connectivity index (χ2v) is 5.94. The summed E-state index contributed by atoms with van der Waals surface area (Å²) in [5.74, 6) is -0.293. The van der Waals surface area contributed by atoms with Crippen LogP contribution in [-0.2, 0) is 13.0 Å². The number of H-pyrrole nitrogens is 1. The Morgan fingerprint density at radius 1 is 1.28 bits per heavy atom. The highest BCUT2D eigenvalue weighted by molar-refractivity contribution is 7.71. The van der Waals surface area contributed by atoms with Crippen LogP contribution < -0.4 is 10.3 Å². The SMILES string of the molecule is COc1cccc(CCn2c(=S)[nH]c3cc(C(=O)O)ccc3c2=O)c1. The molecule has 0 aliphatic rings. The second kappa shape index (κ2) is 6.90. The quantitative estimate of drug-likeness (QED) is 0.687. The maximum absolute atomic E-state index is 12.7. The van der Waals surface area contributed by atoms with E-state index in [1.165, 1.54) is 22.8 Å². The third-order valence-electron chi connectivity index (χ3n) is 3.99. The minimum atomic E-state index is -1.05. The van der Waals surface area contributed by atoms with E-state index in [1.54, 1.807) is 7.11 Å². The third kappa shape index (κ3) is 3.46. The Labute approximate surface area is 148 Å². The number of carbonyl (C=O) groups is 1. The van der Waals surface area contributed by atoms with Crippen LogP contribution in [0.3, 0.4) is 0 Å². The molecule has 0 spiro atoms. The summed E-state index contributed by atoms with van der Waals surface area (Å²) in [4.78, 5) is 26.7. The van der Waals surface area contributed by atoms with Crippen LogP contribution in [0.4, 0.5) is 0 Å². The van der Waals surface area contributed by atoms with Crippen molar-refractivity contribution in [1.82, 2.24) is 9.55 Å². The summed E-state index contributed by atoms with van der Waals surface area (Å²) in [5.41, 5.74) is 1.32. The molecule has 3 aromatic rings. The number of ether oxygens (including phenoxy) is 1. The number of nitrogens with zero attached hydrogens (tertiary/aromatic N) is 1. The Morgan fingerprint density at radius 2 is 2.08 bits per heavy atom. The van der Waals surface area contributed by atoms with Gasteiger partial charge in [-0.25, -0.2) is 4.79 Å². The molecule has 0 radical (unpaired) electrons. The fourth-order valence-electron chi connectivity index (χ4n) is 2.66. The number of aromatic nitrogens is 2. The van der Waals surface area contributed by atoms with Gasteiger partial charge in [0.05, 0.1) is 23.6 Å². The van der Waals surface area contributed by atoms with Crippen molar-refractivity contribution in [2.45, 2.75) is 13.0 Å². The van der Waals surface area contributed by atoms with E-state index < -0.39 is 5.97 Å². The highest BCUT2D eigenvalue weighted by atomic mass is 32.1. The maximum atomic E-state index is 12.7. The minimum absolute atomic E-state index is 0.103. The monoisotopic (exact) mass is 356 g/mol. The summed E-state index contributed by atoms with van der Waals surface area (Å²) in [6.45, 7) is 0.415. The molecule has 0 fully saturated rings. The lowest BCUT2D eigenvalue weighted by Crippen LogP contribution is -2.23. The van der Waals surface area contributed by atoms with E-state index in [2.05, 4.69) is 4.98 Å². The van der Waals surface area contributed by atoms with Gasteiger partial charge in [0, 0.05) is 6.54 Å². The van der Waals surface area contributed by atoms with Crippen molar-refractivity contribution in [3.8, 4) is 5.75 Å². The Morgan fingerprint density at radius 3 is 2.80 bits per heavy atom. The summed E-state index contributed by atoms with van der Waals surface area (Å²) < 4.78 is 6.95. The zero-order valence-corrected chi connectivity index (χ0v) is 14.3. The number of rotatable bonds is 5. The van der Waals surface area contributed by atoms with E-state index in [1.807, 2.05) is 24.3 Å². The molecule has 0 saturated heterocycles. The van der Waals surface area contributed by atoms with E-state index >= 15 is 0 Å². The number of hydrogen-bond donors (Lipinski definition) is 2. The van der Waals surface area contributed by atoms with Gasteiger partial charge in [-0.1, -0.05) is 12.1 Å². The number of aryl methyl sites for hydroxylation is 1. The molecule has 128 valence electrons. The summed E-state index contributed by atoms with van der Waals surface area (Å²) >= 11 is 5.28. The van der Waals surface area contributed by atoms with E-state index in [9.17, 15) is 9.59 Å². The van der Waals surface area contributed by atoms with Gasteiger partial charge >= 0.3 is 5.97 Å². The molecule has 3 rings (SSSR count). The normalized spacial score (nSPS) is 10.8. The van der Waals surface area contributed by atoms with Crippen LogP contribution in [0, 0.1) is 4.77 Å². The van der Waals surface area contributed by atoms with Crippen molar-refractivity contribution in [1.29, 1.82) is 0 Å². The number of nitrogens with one attached hydrogen (secondary N) is 1. The molecule has 0 aliphatic heterocycles. The van der Waals surface area contributed by atoms with Crippen molar-refractivity contribution in [2.75, 3.05) is 7.11 Å². The Balaban J connectivity index is 1.96. The van der Waals surface area contributed by atoms with Gasteiger partial charge in [-0.3, -0.25) is 9.36 Å². The Hall–Kier alpha value is -2.93. The smallest absolute Gasteiger partial charge is 0.335 e. The molecule has 0 aliphatic carbocycles. The largest absolute Gasteiger partial charge is 0.497 e. The first-order valence-electron chi connectivity index (χ1n) is 7.62. The van der Waals surface area contributed by atoms with Gasteiger partial charge in [0.15, 0.2) is 4.77 Å². The van der Waals surface area contributed by atoms with Crippen molar-refractivity contribution < 1.29 is 14.6 Å². The van der Waals surface area contributed by atoms with Crippen LogP contribution in [0.15, 0.2) is 47.3 Å². The highest BCUT2D eigenvalue weighted by Gasteiger charge is 2.09. The number of aromatic amines is 1. The van der Waals surface area contributed by atoms with E-state index in [4.69, 9.17) is 22.1 Å². The lowest BCUT2D eigenvalue weighted by molar-refractivity contribution is 0.0697. The molecule has 2 N–H and O–H groups in total. The first-order valence-corrected chi connectivity index (χ1v) is 8.03. The van der Waals surface area contributed by atoms with Crippen LogP contribution >= 0.6 is 12.2 Å². The molecule has 7 heteroatoms. The lowest BCUT2D eigenvalue weighted by atomic mass is 10.1. The minimum Gasteiger partial charge on any atom is -0.497 e. The molecular formula is C18H16N2O4S. The fraction of sp³-hybridized carbons (Fsp3) is 0.167. The maximum Gasteiger partial charge on any atom is 0.335 e.